The highest BCUT2D eigenvalue weighted by Gasteiger charge is 2.29. The Kier molecular flexibility index (Phi) is 5.46. The van der Waals surface area contributed by atoms with Gasteiger partial charge in [-0.05, 0) is 43.6 Å². The van der Waals surface area contributed by atoms with Gasteiger partial charge in [0.25, 0.3) is 5.91 Å². The van der Waals surface area contributed by atoms with E-state index in [0.29, 0.717) is 11.5 Å². The van der Waals surface area contributed by atoms with Crippen molar-refractivity contribution in [2.45, 2.75) is 13.8 Å². The summed E-state index contributed by atoms with van der Waals surface area (Å²) in [6, 6.07) is 5.59. The standard InChI is InChI=1S/C18H25N3O2S/c1-12-3-4-14(18(23)21-5-7-24-8-6-21)9-16(12)20-17(22)13(2)15-10-19-11-15/h3-4,9,13,15,19H,5-8,10-11H2,1-2H3,(H,20,22). The van der Waals surface area contributed by atoms with Crippen LogP contribution in [-0.2, 0) is 4.79 Å². The van der Waals surface area contributed by atoms with E-state index in [0.717, 1.165) is 48.9 Å². The van der Waals surface area contributed by atoms with Gasteiger partial charge < -0.3 is 15.5 Å². The first kappa shape index (κ1) is 17.3. The van der Waals surface area contributed by atoms with Crippen LogP contribution in [0.25, 0.3) is 0 Å². The second-order valence-electron chi connectivity index (χ2n) is 6.63. The molecule has 1 aromatic rings. The maximum atomic E-state index is 12.6. The maximum Gasteiger partial charge on any atom is 0.253 e. The summed E-state index contributed by atoms with van der Waals surface area (Å²) in [6.07, 6.45) is 0. The highest BCUT2D eigenvalue weighted by molar-refractivity contribution is 7.99. The van der Waals surface area contributed by atoms with E-state index in [1.807, 2.05) is 48.7 Å². The maximum absolute atomic E-state index is 12.6. The molecule has 2 fully saturated rings. The molecule has 1 unspecified atom stereocenters. The zero-order valence-electron chi connectivity index (χ0n) is 14.3. The Morgan fingerprint density at radius 2 is 2.00 bits per heavy atom. The third kappa shape index (κ3) is 3.75. The van der Waals surface area contributed by atoms with E-state index >= 15 is 0 Å². The van der Waals surface area contributed by atoms with Crippen molar-refractivity contribution in [3.63, 3.8) is 0 Å². The van der Waals surface area contributed by atoms with Gasteiger partial charge in [-0.15, -0.1) is 0 Å². The molecule has 0 saturated carbocycles. The summed E-state index contributed by atoms with van der Waals surface area (Å²) < 4.78 is 0. The van der Waals surface area contributed by atoms with E-state index in [-0.39, 0.29) is 17.7 Å². The zero-order chi connectivity index (χ0) is 17.1. The molecule has 2 heterocycles. The number of carbonyl (C=O) groups excluding carboxylic acids is 2. The number of benzene rings is 1. The smallest absolute Gasteiger partial charge is 0.253 e. The first-order chi connectivity index (χ1) is 11.6. The Bertz CT molecular complexity index is 625. The average Bonchev–Trinajstić information content (AvgIpc) is 2.55. The van der Waals surface area contributed by atoms with E-state index < -0.39 is 0 Å². The van der Waals surface area contributed by atoms with Crippen molar-refractivity contribution in [3.8, 4) is 0 Å². The van der Waals surface area contributed by atoms with Crippen molar-refractivity contribution >= 4 is 29.3 Å². The molecule has 3 rings (SSSR count). The van der Waals surface area contributed by atoms with Gasteiger partial charge in [0.2, 0.25) is 5.91 Å². The molecule has 24 heavy (non-hydrogen) atoms. The third-order valence-electron chi connectivity index (χ3n) is 4.97. The molecule has 2 aliphatic rings. The fraction of sp³-hybridized carbons (Fsp3) is 0.556. The number of thioether (sulfide) groups is 1. The van der Waals surface area contributed by atoms with Crippen LogP contribution >= 0.6 is 11.8 Å². The minimum Gasteiger partial charge on any atom is -0.337 e. The van der Waals surface area contributed by atoms with Crippen LogP contribution in [0.4, 0.5) is 5.69 Å². The first-order valence-corrected chi connectivity index (χ1v) is 9.71. The van der Waals surface area contributed by atoms with Gasteiger partial charge in [-0.2, -0.15) is 11.8 Å². The van der Waals surface area contributed by atoms with Gasteiger partial charge in [0.05, 0.1) is 0 Å². The molecule has 130 valence electrons. The number of aryl methyl sites for hydroxylation is 1. The van der Waals surface area contributed by atoms with Crippen molar-refractivity contribution in [2.75, 3.05) is 43.0 Å². The van der Waals surface area contributed by atoms with Crippen LogP contribution in [0, 0.1) is 18.8 Å². The molecule has 2 N–H and O–H groups in total. The topological polar surface area (TPSA) is 61.4 Å². The number of rotatable bonds is 4. The van der Waals surface area contributed by atoms with Gasteiger partial charge in [-0.1, -0.05) is 13.0 Å². The summed E-state index contributed by atoms with van der Waals surface area (Å²) in [4.78, 5) is 27.0. The third-order valence-corrected chi connectivity index (χ3v) is 5.92. The lowest BCUT2D eigenvalue weighted by Gasteiger charge is -2.32. The highest BCUT2D eigenvalue weighted by Crippen LogP contribution is 2.23. The van der Waals surface area contributed by atoms with Crippen molar-refractivity contribution in [1.29, 1.82) is 0 Å². The Morgan fingerprint density at radius 1 is 1.29 bits per heavy atom. The van der Waals surface area contributed by atoms with Crippen molar-refractivity contribution in [1.82, 2.24) is 10.2 Å². The Balaban J connectivity index is 1.71. The van der Waals surface area contributed by atoms with Crippen LogP contribution in [0.1, 0.15) is 22.8 Å². The van der Waals surface area contributed by atoms with Crippen LogP contribution in [0.15, 0.2) is 18.2 Å². The predicted molar refractivity (Wildman–Crippen MR) is 98.6 cm³/mol. The molecule has 0 aliphatic carbocycles. The van der Waals surface area contributed by atoms with E-state index in [9.17, 15) is 9.59 Å². The normalized spacial score (nSPS) is 19.5. The number of hydrogen-bond donors (Lipinski definition) is 2. The van der Waals surface area contributed by atoms with E-state index in [1.54, 1.807) is 0 Å². The first-order valence-electron chi connectivity index (χ1n) is 8.55. The highest BCUT2D eigenvalue weighted by atomic mass is 32.2. The van der Waals surface area contributed by atoms with Gasteiger partial charge in [-0.3, -0.25) is 9.59 Å². The number of nitrogens with zero attached hydrogens (tertiary/aromatic N) is 1. The Labute approximate surface area is 147 Å². The van der Waals surface area contributed by atoms with Crippen LogP contribution in [0.3, 0.4) is 0 Å². The molecule has 5 nitrogen and oxygen atoms in total. The molecule has 2 saturated heterocycles. The molecule has 2 amide bonds. The molecule has 0 radical (unpaired) electrons. The summed E-state index contributed by atoms with van der Waals surface area (Å²) in [5, 5.41) is 6.22. The van der Waals surface area contributed by atoms with Crippen LogP contribution in [0.5, 0.6) is 0 Å². The number of hydrogen-bond acceptors (Lipinski definition) is 4. The lowest BCUT2D eigenvalue weighted by Crippen LogP contribution is -2.48. The summed E-state index contributed by atoms with van der Waals surface area (Å²) in [7, 11) is 0. The van der Waals surface area contributed by atoms with E-state index in [2.05, 4.69) is 10.6 Å². The molecule has 1 atom stereocenters. The van der Waals surface area contributed by atoms with E-state index in [1.165, 1.54) is 0 Å². The molecule has 0 aromatic heterocycles. The predicted octanol–water partition coefficient (Wildman–Crippen LogP) is 1.98. The molecule has 0 bridgehead atoms. The number of carbonyl (C=O) groups is 2. The minimum atomic E-state index is -0.0240. The number of amides is 2. The number of anilines is 1. The van der Waals surface area contributed by atoms with Gasteiger partial charge in [0.1, 0.15) is 0 Å². The largest absolute Gasteiger partial charge is 0.337 e. The second-order valence-corrected chi connectivity index (χ2v) is 7.86. The zero-order valence-corrected chi connectivity index (χ0v) is 15.1. The lowest BCUT2D eigenvalue weighted by atomic mass is 9.88. The summed E-state index contributed by atoms with van der Waals surface area (Å²) in [6.45, 7) is 7.32. The Hall–Kier alpha value is -1.53. The van der Waals surface area contributed by atoms with Crippen molar-refractivity contribution in [2.24, 2.45) is 11.8 Å². The summed E-state index contributed by atoms with van der Waals surface area (Å²) >= 11 is 1.88. The van der Waals surface area contributed by atoms with Crippen LogP contribution in [0.2, 0.25) is 0 Å². The quantitative estimate of drug-likeness (QED) is 0.874. The van der Waals surface area contributed by atoms with Crippen LogP contribution < -0.4 is 10.6 Å². The van der Waals surface area contributed by atoms with E-state index in [4.69, 9.17) is 0 Å². The van der Waals surface area contributed by atoms with Gasteiger partial charge in [0.15, 0.2) is 0 Å². The molecular formula is C18H25N3O2S. The lowest BCUT2D eigenvalue weighted by molar-refractivity contribution is -0.121. The second kappa shape index (κ2) is 7.57. The fourth-order valence-electron chi connectivity index (χ4n) is 2.96. The SMILES string of the molecule is Cc1ccc(C(=O)N2CCSCC2)cc1NC(=O)C(C)C1CNC1. The molecule has 2 aliphatic heterocycles. The van der Waals surface area contributed by atoms with Gasteiger partial charge in [-0.25, -0.2) is 0 Å². The molecule has 0 spiro atoms. The monoisotopic (exact) mass is 347 g/mol. The molecule has 6 heteroatoms. The average molecular weight is 347 g/mol. The van der Waals surface area contributed by atoms with Gasteiger partial charge in [0, 0.05) is 41.8 Å². The minimum absolute atomic E-state index is 0.0240. The van der Waals surface area contributed by atoms with Crippen molar-refractivity contribution < 1.29 is 9.59 Å². The molecular weight excluding hydrogens is 322 g/mol. The summed E-state index contributed by atoms with van der Waals surface area (Å²) in [5.74, 6) is 2.46. The summed E-state index contributed by atoms with van der Waals surface area (Å²) in [5.41, 5.74) is 2.38. The fourth-order valence-corrected chi connectivity index (χ4v) is 3.87. The van der Waals surface area contributed by atoms with Gasteiger partial charge >= 0.3 is 0 Å². The number of nitrogens with one attached hydrogen (secondary N) is 2. The van der Waals surface area contributed by atoms with Crippen molar-refractivity contribution in [3.05, 3.63) is 29.3 Å². The molecule has 1 aromatic carbocycles. The van der Waals surface area contributed by atoms with Crippen LogP contribution in [-0.4, -0.2) is 54.4 Å². The Morgan fingerprint density at radius 3 is 2.62 bits per heavy atom.